The molecule has 1 fully saturated rings. The van der Waals surface area contributed by atoms with E-state index in [1.54, 1.807) is 4.90 Å². The van der Waals surface area contributed by atoms with E-state index in [1.165, 1.54) is 0 Å². The van der Waals surface area contributed by atoms with Crippen LogP contribution in [0.4, 0.5) is 0 Å². The van der Waals surface area contributed by atoms with Gasteiger partial charge < -0.3 is 10.0 Å². The second-order valence-electron chi connectivity index (χ2n) is 4.63. The molecule has 0 spiro atoms. The zero-order valence-corrected chi connectivity index (χ0v) is 10.5. The average molecular weight is 243 g/mol. The van der Waals surface area contributed by atoms with Crippen molar-refractivity contribution < 1.29 is 9.90 Å². The number of nitrogens with zero attached hydrogens (tertiary/aromatic N) is 1. The molecular formula is C15H17NO2. The van der Waals surface area contributed by atoms with Crippen LogP contribution in [-0.2, 0) is 11.3 Å². The molecule has 94 valence electrons. The van der Waals surface area contributed by atoms with Crippen molar-refractivity contribution in [2.45, 2.75) is 19.4 Å². The lowest BCUT2D eigenvalue weighted by Crippen LogP contribution is -2.27. The van der Waals surface area contributed by atoms with Crippen LogP contribution in [0.2, 0.25) is 0 Å². The first-order chi connectivity index (χ1) is 8.70. The summed E-state index contributed by atoms with van der Waals surface area (Å²) in [6.07, 6.45) is 2.07. The average Bonchev–Trinajstić information content (AvgIpc) is 3.20. The fourth-order valence-electron chi connectivity index (χ4n) is 1.88. The second-order valence-corrected chi connectivity index (χ2v) is 4.63. The summed E-state index contributed by atoms with van der Waals surface area (Å²) in [4.78, 5) is 13.6. The molecule has 0 aliphatic heterocycles. The van der Waals surface area contributed by atoms with Crippen molar-refractivity contribution in [3.05, 3.63) is 35.4 Å². The summed E-state index contributed by atoms with van der Waals surface area (Å²) in [6, 6.07) is 7.77. The van der Waals surface area contributed by atoms with E-state index >= 15 is 0 Å². The largest absolute Gasteiger partial charge is 0.384 e. The molecule has 3 heteroatoms. The zero-order chi connectivity index (χ0) is 13.0. The van der Waals surface area contributed by atoms with Gasteiger partial charge in [0.2, 0.25) is 5.91 Å². The van der Waals surface area contributed by atoms with E-state index in [4.69, 9.17) is 5.11 Å². The molecule has 0 unspecified atom stereocenters. The van der Waals surface area contributed by atoms with E-state index in [2.05, 4.69) is 11.8 Å². The van der Waals surface area contributed by atoms with Crippen LogP contribution in [0.5, 0.6) is 0 Å². The van der Waals surface area contributed by atoms with Crippen LogP contribution in [0.1, 0.15) is 24.0 Å². The van der Waals surface area contributed by atoms with Gasteiger partial charge in [-0.15, -0.1) is 0 Å². The standard InChI is InChI=1S/C15H17NO2/c1-16(15(18)14-7-8-14)11-13-5-2-4-12(10-13)6-3-9-17/h2,4-5,10,14,17H,7-9,11H2,1H3. The first kappa shape index (κ1) is 12.7. The third kappa shape index (κ3) is 3.35. The Hall–Kier alpha value is -1.79. The maximum atomic E-state index is 11.8. The molecule has 0 bridgehead atoms. The Morgan fingerprint density at radius 3 is 2.94 bits per heavy atom. The molecule has 1 aromatic rings. The van der Waals surface area contributed by atoms with Gasteiger partial charge in [-0.3, -0.25) is 4.79 Å². The quantitative estimate of drug-likeness (QED) is 0.815. The molecule has 1 aliphatic rings. The van der Waals surface area contributed by atoms with Crippen LogP contribution in [0.3, 0.4) is 0 Å². The molecule has 2 rings (SSSR count). The van der Waals surface area contributed by atoms with E-state index in [-0.39, 0.29) is 18.4 Å². The minimum atomic E-state index is -0.135. The highest BCUT2D eigenvalue weighted by Crippen LogP contribution is 2.30. The Balaban J connectivity index is 2.02. The third-order valence-corrected chi connectivity index (χ3v) is 2.96. The van der Waals surface area contributed by atoms with E-state index in [0.29, 0.717) is 6.54 Å². The molecule has 1 amide bonds. The van der Waals surface area contributed by atoms with E-state index < -0.39 is 0 Å². The molecule has 1 aromatic carbocycles. The Morgan fingerprint density at radius 2 is 2.28 bits per heavy atom. The van der Waals surface area contributed by atoms with Crippen molar-refractivity contribution in [2.75, 3.05) is 13.7 Å². The van der Waals surface area contributed by atoms with E-state index in [0.717, 1.165) is 24.0 Å². The number of amides is 1. The Labute approximate surface area is 107 Å². The first-order valence-electron chi connectivity index (χ1n) is 6.14. The number of aliphatic hydroxyl groups is 1. The Morgan fingerprint density at radius 1 is 1.50 bits per heavy atom. The number of carbonyl (C=O) groups is 1. The van der Waals surface area contributed by atoms with Gasteiger partial charge in [-0.05, 0) is 30.5 Å². The van der Waals surface area contributed by atoms with Crippen molar-refractivity contribution in [3.8, 4) is 11.8 Å². The lowest BCUT2D eigenvalue weighted by molar-refractivity contribution is -0.131. The smallest absolute Gasteiger partial charge is 0.225 e. The fourth-order valence-corrected chi connectivity index (χ4v) is 1.88. The molecule has 18 heavy (non-hydrogen) atoms. The Bertz CT molecular complexity index is 495. The highest BCUT2D eigenvalue weighted by atomic mass is 16.2. The van der Waals surface area contributed by atoms with Gasteiger partial charge in [-0.2, -0.15) is 0 Å². The van der Waals surface area contributed by atoms with Crippen molar-refractivity contribution in [2.24, 2.45) is 5.92 Å². The summed E-state index contributed by atoms with van der Waals surface area (Å²) in [6.45, 7) is 0.480. The molecular weight excluding hydrogens is 226 g/mol. The SMILES string of the molecule is CN(Cc1cccc(C#CCO)c1)C(=O)C1CC1. The molecule has 1 aliphatic carbocycles. The van der Waals surface area contributed by atoms with E-state index in [9.17, 15) is 4.79 Å². The normalized spacial score (nSPS) is 13.7. The highest BCUT2D eigenvalue weighted by molar-refractivity contribution is 5.80. The van der Waals surface area contributed by atoms with Crippen molar-refractivity contribution in [3.63, 3.8) is 0 Å². The van der Waals surface area contributed by atoms with Crippen LogP contribution in [0, 0.1) is 17.8 Å². The predicted octanol–water partition coefficient (Wildman–Crippen LogP) is 1.40. The van der Waals surface area contributed by atoms with E-state index in [1.807, 2.05) is 31.3 Å². The van der Waals surface area contributed by atoms with Gasteiger partial charge in [0.25, 0.3) is 0 Å². The van der Waals surface area contributed by atoms with Gasteiger partial charge >= 0.3 is 0 Å². The van der Waals surface area contributed by atoms with Crippen LogP contribution in [0.25, 0.3) is 0 Å². The van der Waals surface area contributed by atoms with Crippen LogP contribution in [0.15, 0.2) is 24.3 Å². The predicted molar refractivity (Wildman–Crippen MR) is 69.6 cm³/mol. The molecule has 0 radical (unpaired) electrons. The van der Waals surface area contributed by atoms with Crippen LogP contribution >= 0.6 is 0 Å². The maximum absolute atomic E-state index is 11.8. The minimum absolute atomic E-state index is 0.135. The third-order valence-electron chi connectivity index (χ3n) is 2.96. The van der Waals surface area contributed by atoms with Gasteiger partial charge in [0, 0.05) is 25.1 Å². The van der Waals surface area contributed by atoms with Crippen molar-refractivity contribution in [1.29, 1.82) is 0 Å². The van der Waals surface area contributed by atoms with Gasteiger partial charge in [0.05, 0.1) is 0 Å². The zero-order valence-electron chi connectivity index (χ0n) is 10.5. The van der Waals surface area contributed by atoms with Gasteiger partial charge in [-0.25, -0.2) is 0 Å². The number of benzene rings is 1. The topological polar surface area (TPSA) is 40.5 Å². The summed E-state index contributed by atoms with van der Waals surface area (Å²) < 4.78 is 0. The number of hydrogen-bond donors (Lipinski definition) is 1. The first-order valence-corrected chi connectivity index (χ1v) is 6.14. The summed E-state index contributed by atoms with van der Waals surface area (Å²) in [5, 5.41) is 8.66. The molecule has 0 aromatic heterocycles. The summed E-state index contributed by atoms with van der Waals surface area (Å²) in [5.74, 6) is 5.98. The second kappa shape index (κ2) is 5.70. The van der Waals surface area contributed by atoms with Crippen molar-refractivity contribution >= 4 is 5.91 Å². The Kier molecular flexibility index (Phi) is 4.01. The number of aliphatic hydroxyl groups excluding tert-OH is 1. The van der Waals surface area contributed by atoms with Gasteiger partial charge in [-0.1, -0.05) is 24.0 Å². The summed E-state index contributed by atoms with van der Waals surface area (Å²) in [5.41, 5.74) is 1.94. The molecule has 3 nitrogen and oxygen atoms in total. The number of rotatable bonds is 3. The van der Waals surface area contributed by atoms with Gasteiger partial charge in [0.15, 0.2) is 0 Å². The van der Waals surface area contributed by atoms with Gasteiger partial charge in [0.1, 0.15) is 6.61 Å². The molecule has 1 saturated carbocycles. The van der Waals surface area contributed by atoms with Crippen LogP contribution in [-0.4, -0.2) is 29.6 Å². The minimum Gasteiger partial charge on any atom is -0.384 e. The maximum Gasteiger partial charge on any atom is 0.225 e. The summed E-state index contributed by atoms with van der Waals surface area (Å²) >= 11 is 0. The fraction of sp³-hybridized carbons (Fsp3) is 0.400. The molecule has 0 atom stereocenters. The number of hydrogen-bond acceptors (Lipinski definition) is 2. The molecule has 1 N–H and O–H groups in total. The monoisotopic (exact) mass is 243 g/mol. The number of carbonyl (C=O) groups excluding carboxylic acids is 1. The molecule has 0 heterocycles. The molecule has 0 saturated heterocycles. The lowest BCUT2D eigenvalue weighted by atomic mass is 10.1. The summed E-state index contributed by atoms with van der Waals surface area (Å²) in [7, 11) is 1.84. The van der Waals surface area contributed by atoms with Crippen LogP contribution < -0.4 is 0 Å². The highest BCUT2D eigenvalue weighted by Gasteiger charge is 2.31. The lowest BCUT2D eigenvalue weighted by Gasteiger charge is -2.17. The van der Waals surface area contributed by atoms with Crippen molar-refractivity contribution in [1.82, 2.24) is 4.90 Å².